The summed E-state index contributed by atoms with van der Waals surface area (Å²) in [5, 5.41) is 0. The van der Waals surface area contributed by atoms with Crippen LogP contribution in [-0.2, 0) is 4.74 Å². The number of ether oxygens (including phenoxy) is 1. The summed E-state index contributed by atoms with van der Waals surface area (Å²) in [5.41, 5.74) is 0. The van der Waals surface area contributed by atoms with Crippen molar-refractivity contribution in [2.45, 2.75) is 24.0 Å². The van der Waals surface area contributed by atoms with E-state index in [9.17, 15) is 4.79 Å². The van der Waals surface area contributed by atoms with Gasteiger partial charge in [0.2, 0.25) is 0 Å². The highest BCUT2D eigenvalue weighted by Gasteiger charge is 2.14. The van der Waals surface area contributed by atoms with E-state index in [2.05, 4.69) is 17.9 Å². The van der Waals surface area contributed by atoms with Crippen LogP contribution in [0.5, 0.6) is 0 Å². The summed E-state index contributed by atoms with van der Waals surface area (Å²) in [6, 6.07) is 4.05. The van der Waals surface area contributed by atoms with Crippen molar-refractivity contribution in [2.24, 2.45) is 0 Å². The minimum absolute atomic E-state index is 0.278. The summed E-state index contributed by atoms with van der Waals surface area (Å²) in [7, 11) is 0. The summed E-state index contributed by atoms with van der Waals surface area (Å²) in [6.45, 7) is 6.53. The minimum Gasteiger partial charge on any atom is -0.379 e. The van der Waals surface area contributed by atoms with Gasteiger partial charge in [-0.15, -0.1) is 23.1 Å². The number of hydrogen-bond acceptors (Lipinski definition) is 5. The van der Waals surface area contributed by atoms with Crippen LogP contribution in [0.25, 0.3) is 0 Å². The van der Waals surface area contributed by atoms with Gasteiger partial charge in [0.25, 0.3) is 0 Å². The summed E-state index contributed by atoms with van der Waals surface area (Å²) < 4.78 is 6.57. The van der Waals surface area contributed by atoms with E-state index in [1.54, 1.807) is 11.3 Å². The van der Waals surface area contributed by atoms with Crippen molar-refractivity contribution in [3.63, 3.8) is 0 Å². The van der Waals surface area contributed by atoms with Gasteiger partial charge >= 0.3 is 0 Å². The molecule has 1 saturated heterocycles. The molecule has 1 aliphatic rings. The van der Waals surface area contributed by atoms with Crippen molar-refractivity contribution < 1.29 is 9.53 Å². The molecule has 2 heterocycles. The van der Waals surface area contributed by atoms with Gasteiger partial charge in [-0.2, -0.15) is 0 Å². The average Bonchev–Trinajstić information content (AvgIpc) is 2.92. The molecule has 3 nitrogen and oxygen atoms in total. The van der Waals surface area contributed by atoms with Crippen LogP contribution in [0, 0.1) is 0 Å². The molecule has 0 spiro atoms. The molecule has 0 radical (unpaired) electrons. The Morgan fingerprint density at radius 1 is 1.42 bits per heavy atom. The summed E-state index contributed by atoms with van der Waals surface area (Å²) in [4.78, 5) is 15.3. The first-order valence-electron chi connectivity index (χ1n) is 6.85. The number of rotatable bonds is 7. The van der Waals surface area contributed by atoms with Crippen LogP contribution >= 0.6 is 23.1 Å². The zero-order chi connectivity index (χ0) is 13.5. The van der Waals surface area contributed by atoms with E-state index in [1.807, 2.05) is 17.8 Å². The Balaban J connectivity index is 1.77. The number of ketones is 1. The fourth-order valence-corrected chi connectivity index (χ4v) is 3.99. The van der Waals surface area contributed by atoms with Gasteiger partial charge in [0.05, 0.1) is 22.3 Å². The molecule has 0 aliphatic carbocycles. The maximum atomic E-state index is 12.1. The van der Waals surface area contributed by atoms with Crippen molar-refractivity contribution in [3.8, 4) is 0 Å². The predicted octanol–water partition coefficient (Wildman–Crippen LogP) is 3.16. The third kappa shape index (κ3) is 4.91. The van der Waals surface area contributed by atoms with Crippen molar-refractivity contribution in [1.29, 1.82) is 0 Å². The first-order valence-corrected chi connectivity index (χ1v) is 8.65. The number of carbonyl (C=O) groups is 1. The highest BCUT2D eigenvalue weighted by atomic mass is 32.2. The van der Waals surface area contributed by atoms with Crippen LogP contribution < -0.4 is 0 Å². The molecule has 0 bridgehead atoms. The number of thioether (sulfide) groups is 1. The van der Waals surface area contributed by atoms with Gasteiger partial charge in [0.1, 0.15) is 0 Å². The smallest absolute Gasteiger partial charge is 0.174 e. The van der Waals surface area contributed by atoms with Crippen molar-refractivity contribution >= 4 is 28.9 Å². The summed E-state index contributed by atoms with van der Waals surface area (Å²) >= 11 is 3.48. The molecular weight excluding hydrogens is 278 g/mol. The largest absolute Gasteiger partial charge is 0.379 e. The molecule has 0 aromatic carbocycles. The molecule has 19 heavy (non-hydrogen) atoms. The van der Waals surface area contributed by atoms with Gasteiger partial charge in [0.15, 0.2) is 5.78 Å². The lowest BCUT2D eigenvalue weighted by molar-refractivity contribution is 0.0370. The first kappa shape index (κ1) is 15.0. The molecule has 1 aliphatic heterocycles. The van der Waals surface area contributed by atoms with Gasteiger partial charge < -0.3 is 4.74 Å². The van der Waals surface area contributed by atoms with Crippen LogP contribution in [0.15, 0.2) is 16.3 Å². The van der Waals surface area contributed by atoms with Gasteiger partial charge in [-0.05, 0) is 24.3 Å². The third-order valence-electron chi connectivity index (χ3n) is 3.06. The third-order valence-corrected chi connectivity index (χ3v) is 5.62. The molecule has 1 aromatic rings. The van der Waals surface area contributed by atoms with Crippen LogP contribution in [0.4, 0.5) is 0 Å². The van der Waals surface area contributed by atoms with E-state index in [0.29, 0.717) is 6.42 Å². The fraction of sp³-hybridized carbons (Fsp3) is 0.643. The Hall–Kier alpha value is -0.360. The highest BCUT2D eigenvalue weighted by Crippen LogP contribution is 2.28. The number of Topliss-reactive ketones (excluding diaryl/α,β-unsaturated/α-hetero) is 1. The lowest BCUT2D eigenvalue weighted by Gasteiger charge is -2.26. The standard InChI is InChI=1S/C14H21NO2S2/c1-2-11-18-14-4-3-13(19-14)12(16)5-6-15-7-9-17-10-8-15/h3-4H,2,5-11H2,1H3. The van der Waals surface area contributed by atoms with Gasteiger partial charge in [-0.3, -0.25) is 9.69 Å². The number of carbonyl (C=O) groups excluding carboxylic acids is 1. The maximum absolute atomic E-state index is 12.1. The molecular formula is C14H21NO2S2. The second-order valence-corrected chi connectivity index (χ2v) is 7.07. The Kier molecular flexibility index (Phi) is 6.37. The van der Waals surface area contributed by atoms with Crippen molar-refractivity contribution in [2.75, 3.05) is 38.6 Å². The summed E-state index contributed by atoms with van der Waals surface area (Å²) in [5.74, 6) is 1.40. The predicted molar refractivity (Wildman–Crippen MR) is 81.5 cm³/mol. The highest BCUT2D eigenvalue weighted by molar-refractivity contribution is 8.01. The molecule has 2 rings (SSSR count). The zero-order valence-corrected chi connectivity index (χ0v) is 13.0. The van der Waals surface area contributed by atoms with E-state index in [0.717, 1.165) is 43.5 Å². The SMILES string of the molecule is CCCSc1ccc(C(=O)CCN2CCOCC2)s1. The van der Waals surface area contributed by atoms with Gasteiger partial charge in [0, 0.05) is 26.1 Å². The molecule has 0 unspecified atom stereocenters. The molecule has 1 fully saturated rings. The first-order chi connectivity index (χ1) is 9.29. The Bertz CT molecular complexity index is 400. The number of nitrogens with zero attached hydrogens (tertiary/aromatic N) is 1. The fourth-order valence-electron chi connectivity index (χ4n) is 1.96. The van der Waals surface area contributed by atoms with Crippen LogP contribution in [0.2, 0.25) is 0 Å². The molecule has 0 amide bonds. The van der Waals surface area contributed by atoms with Crippen molar-refractivity contribution in [1.82, 2.24) is 4.90 Å². The Morgan fingerprint density at radius 3 is 2.95 bits per heavy atom. The van der Waals surface area contributed by atoms with E-state index in [-0.39, 0.29) is 5.78 Å². The number of hydrogen-bond donors (Lipinski definition) is 0. The van der Waals surface area contributed by atoms with Gasteiger partial charge in [-0.1, -0.05) is 6.92 Å². The zero-order valence-electron chi connectivity index (χ0n) is 11.4. The van der Waals surface area contributed by atoms with Crippen LogP contribution in [-0.4, -0.2) is 49.3 Å². The average molecular weight is 299 g/mol. The molecule has 5 heteroatoms. The summed E-state index contributed by atoms with van der Waals surface area (Å²) in [6.07, 6.45) is 1.79. The molecule has 0 N–H and O–H groups in total. The topological polar surface area (TPSA) is 29.5 Å². The Morgan fingerprint density at radius 2 is 2.21 bits per heavy atom. The lowest BCUT2D eigenvalue weighted by Crippen LogP contribution is -2.37. The molecule has 0 saturated carbocycles. The lowest BCUT2D eigenvalue weighted by atomic mass is 10.2. The van der Waals surface area contributed by atoms with Gasteiger partial charge in [-0.25, -0.2) is 0 Å². The minimum atomic E-state index is 0.278. The van der Waals surface area contributed by atoms with Crippen molar-refractivity contribution in [3.05, 3.63) is 17.0 Å². The second-order valence-electron chi connectivity index (χ2n) is 4.59. The molecule has 106 valence electrons. The quantitative estimate of drug-likeness (QED) is 0.571. The van der Waals surface area contributed by atoms with E-state index in [1.165, 1.54) is 10.6 Å². The molecule has 0 atom stereocenters. The number of morpholine rings is 1. The van der Waals surface area contributed by atoms with E-state index >= 15 is 0 Å². The normalized spacial score (nSPS) is 16.7. The molecule has 1 aromatic heterocycles. The van der Waals surface area contributed by atoms with Crippen LogP contribution in [0.3, 0.4) is 0 Å². The monoisotopic (exact) mass is 299 g/mol. The Labute approximate surface area is 123 Å². The maximum Gasteiger partial charge on any atom is 0.174 e. The van der Waals surface area contributed by atoms with Crippen LogP contribution in [0.1, 0.15) is 29.4 Å². The van der Waals surface area contributed by atoms with E-state index < -0.39 is 0 Å². The number of thiophene rings is 1. The second kappa shape index (κ2) is 8.04. The van der Waals surface area contributed by atoms with E-state index in [4.69, 9.17) is 4.74 Å².